The van der Waals surface area contributed by atoms with Crippen LogP contribution in [-0.4, -0.2) is 41.1 Å². The van der Waals surface area contributed by atoms with Crippen molar-refractivity contribution in [2.75, 3.05) is 0 Å². The number of halogens is 11. The smallest absolute Gasteiger partial charge is 0.460 e. The van der Waals surface area contributed by atoms with Crippen LogP contribution in [0.4, 0.5) is 48.3 Å². The zero-order valence-electron chi connectivity index (χ0n) is 15.4. The largest absolute Gasteiger partial charge is 0.490 e. The fourth-order valence-electron chi connectivity index (χ4n) is 2.25. The Balaban J connectivity index is 3.27. The minimum atomic E-state index is -7.51. The maximum absolute atomic E-state index is 13.9. The summed E-state index contributed by atoms with van der Waals surface area (Å²) in [4.78, 5) is 0. The molecule has 0 radical (unpaired) electrons. The molecule has 0 aliphatic carbocycles. The highest BCUT2D eigenvalue weighted by Gasteiger charge is 2.87. The predicted molar refractivity (Wildman–Crippen MR) is 82.2 cm³/mol. The van der Waals surface area contributed by atoms with Gasteiger partial charge in [0.15, 0.2) is 0 Å². The van der Waals surface area contributed by atoms with E-state index in [9.17, 15) is 53.4 Å². The molecule has 2 nitrogen and oxygen atoms in total. The lowest BCUT2D eigenvalue weighted by Gasteiger charge is -2.37. The van der Waals surface area contributed by atoms with E-state index in [1.807, 2.05) is 0 Å². The lowest BCUT2D eigenvalue weighted by atomic mass is 9.92. The maximum atomic E-state index is 13.9. The van der Waals surface area contributed by atoms with Gasteiger partial charge in [0.2, 0.25) is 0 Å². The van der Waals surface area contributed by atoms with Crippen LogP contribution in [0, 0.1) is 0 Å². The van der Waals surface area contributed by atoms with E-state index < -0.39 is 54.1 Å². The van der Waals surface area contributed by atoms with Crippen LogP contribution >= 0.6 is 0 Å². The molecule has 0 saturated carbocycles. The van der Waals surface area contributed by atoms with Gasteiger partial charge in [-0.3, -0.25) is 0 Å². The maximum Gasteiger partial charge on any atom is 0.460 e. The van der Waals surface area contributed by atoms with Crippen molar-refractivity contribution in [3.63, 3.8) is 0 Å². The molecule has 0 aromatic heterocycles. The van der Waals surface area contributed by atoms with Gasteiger partial charge in [0.25, 0.3) is 0 Å². The normalized spacial score (nSPS) is 16.3. The summed E-state index contributed by atoms with van der Waals surface area (Å²) in [5.41, 5.74) is -0.570. The van der Waals surface area contributed by atoms with Crippen LogP contribution < -0.4 is 4.74 Å². The Bertz CT molecular complexity index is 716. The van der Waals surface area contributed by atoms with Crippen molar-refractivity contribution in [2.24, 2.45) is 0 Å². The topological polar surface area (TPSA) is 29.5 Å². The number of alkyl halides is 11. The van der Waals surface area contributed by atoms with Crippen LogP contribution in [0.1, 0.15) is 38.4 Å². The zero-order valence-corrected chi connectivity index (χ0v) is 15.4. The molecule has 0 bridgehead atoms. The molecule has 30 heavy (non-hydrogen) atoms. The van der Waals surface area contributed by atoms with Gasteiger partial charge in [-0.1, -0.05) is 25.1 Å². The molecule has 0 spiro atoms. The third-order valence-corrected chi connectivity index (χ3v) is 4.23. The van der Waals surface area contributed by atoms with Crippen molar-refractivity contribution in [3.8, 4) is 5.75 Å². The summed E-state index contributed by atoms with van der Waals surface area (Å²) >= 11 is 0. The average molecular weight is 462 g/mol. The molecule has 0 amide bonds. The molecule has 0 aliphatic rings. The number of aliphatic hydroxyl groups excluding tert-OH is 1. The number of para-hydroxylation sites is 1. The molecular formula is C17H17F11O2. The molecule has 2 atom stereocenters. The van der Waals surface area contributed by atoms with Gasteiger partial charge in [-0.05, 0) is 19.4 Å². The number of aliphatic hydroxyl groups is 1. The Morgan fingerprint density at radius 1 is 0.833 bits per heavy atom. The molecule has 1 rings (SSSR count). The van der Waals surface area contributed by atoms with E-state index in [0.29, 0.717) is 6.42 Å². The van der Waals surface area contributed by atoms with Gasteiger partial charge in [0.05, 0.1) is 12.2 Å². The lowest BCUT2D eigenvalue weighted by Crippen LogP contribution is -2.66. The average Bonchev–Trinajstić information content (AvgIpc) is 2.60. The third kappa shape index (κ3) is 4.59. The fraction of sp³-hybridized carbons (Fsp3) is 0.647. The highest BCUT2D eigenvalue weighted by atomic mass is 19.4. The fourth-order valence-corrected chi connectivity index (χ4v) is 2.25. The monoisotopic (exact) mass is 462 g/mol. The van der Waals surface area contributed by atoms with Crippen molar-refractivity contribution < 1.29 is 58.1 Å². The van der Waals surface area contributed by atoms with Crippen LogP contribution in [-0.2, 0) is 0 Å². The molecule has 1 aromatic rings. The first kappa shape index (κ1) is 26.2. The Hall–Kier alpha value is -1.79. The molecule has 174 valence electrons. The standard InChI is InChI=1S/C17H17F11O2/c1-3-9(2)30-12-7-5-4-6-10(12)11(29)8-13(18,19)14(20,21)15(22,23)16(24,25)17(26,27)28/h4-7,9,11,29H,3,8H2,1-2H3. The second kappa shape index (κ2) is 8.39. The SMILES string of the molecule is CCC(C)Oc1ccccc1C(O)CC(F)(F)C(F)(F)C(F)(F)C(F)(F)C(F)(F)F. The summed E-state index contributed by atoms with van der Waals surface area (Å²) < 4.78 is 149. The molecule has 1 N–H and O–H groups in total. The molecule has 2 unspecified atom stereocenters. The summed E-state index contributed by atoms with van der Waals surface area (Å²) in [6, 6.07) is 4.50. The minimum Gasteiger partial charge on any atom is -0.490 e. The highest BCUT2D eigenvalue weighted by molar-refractivity contribution is 5.35. The van der Waals surface area contributed by atoms with E-state index in [2.05, 4.69) is 0 Å². The zero-order chi connectivity index (χ0) is 23.8. The van der Waals surface area contributed by atoms with Gasteiger partial charge in [-0.2, -0.15) is 48.3 Å². The highest BCUT2D eigenvalue weighted by Crippen LogP contribution is 2.58. The first-order chi connectivity index (χ1) is 13.3. The summed E-state index contributed by atoms with van der Waals surface area (Å²) in [6.45, 7) is 3.17. The lowest BCUT2D eigenvalue weighted by molar-refractivity contribution is -0.423. The third-order valence-electron chi connectivity index (χ3n) is 4.23. The summed E-state index contributed by atoms with van der Waals surface area (Å²) in [7, 11) is 0. The molecule has 1 aromatic carbocycles. The first-order valence-corrected chi connectivity index (χ1v) is 8.35. The molecule has 0 fully saturated rings. The Morgan fingerprint density at radius 2 is 1.33 bits per heavy atom. The summed E-state index contributed by atoms with van der Waals surface area (Å²) in [5.74, 6) is -28.6. The number of hydrogen-bond acceptors (Lipinski definition) is 2. The van der Waals surface area contributed by atoms with Gasteiger partial charge < -0.3 is 9.84 Å². The number of ether oxygens (including phenoxy) is 1. The van der Waals surface area contributed by atoms with Gasteiger partial charge in [0.1, 0.15) is 5.75 Å². The Labute approximate surface area is 163 Å². The minimum absolute atomic E-state index is 0.286. The summed E-state index contributed by atoms with van der Waals surface area (Å²) in [5, 5.41) is 9.87. The molecule has 0 aliphatic heterocycles. The van der Waals surface area contributed by atoms with Gasteiger partial charge in [-0.25, -0.2) is 0 Å². The van der Waals surface area contributed by atoms with Crippen LogP contribution in [0.5, 0.6) is 5.75 Å². The number of rotatable bonds is 9. The summed E-state index contributed by atoms with van der Waals surface area (Å²) in [6.07, 6.45) is -12.6. The van der Waals surface area contributed by atoms with E-state index in [1.54, 1.807) is 6.92 Å². The van der Waals surface area contributed by atoms with Gasteiger partial charge in [-0.15, -0.1) is 0 Å². The second-order valence-corrected chi connectivity index (χ2v) is 6.52. The van der Waals surface area contributed by atoms with Crippen LogP contribution in [0.2, 0.25) is 0 Å². The van der Waals surface area contributed by atoms with Crippen LogP contribution in [0.15, 0.2) is 24.3 Å². The van der Waals surface area contributed by atoms with Crippen LogP contribution in [0.25, 0.3) is 0 Å². The number of hydrogen-bond donors (Lipinski definition) is 1. The van der Waals surface area contributed by atoms with E-state index >= 15 is 0 Å². The van der Waals surface area contributed by atoms with Gasteiger partial charge >= 0.3 is 29.9 Å². The molecule has 0 saturated heterocycles. The second-order valence-electron chi connectivity index (χ2n) is 6.52. The van der Waals surface area contributed by atoms with E-state index in [-0.39, 0.29) is 5.75 Å². The van der Waals surface area contributed by atoms with E-state index in [0.717, 1.165) is 18.2 Å². The van der Waals surface area contributed by atoms with Crippen molar-refractivity contribution >= 4 is 0 Å². The quantitative estimate of drug-likeness (QED) is 0.431. The van der Waals surface area contributed by atoms with Crippen molar-refractivity contribution in [2.45, 2.75) is 68.8 Å². The Morgan fingerprint density at radius 3 is 1.80 bits per heavy atom. The van der Waals surface area contributed by atoms with Crippen molar-refractivity contribution in [1.82, 2.24) is 0 Å². The Kier molecular flexibility index (Phi) is 7.34. The number of benzene rings is 1. The van der Waals surface area contributed by atoms with Gasteiger partial charge in [0, 0.05) is 12.0 Å². The molecular weight excluding hydrogens is 445 g/mol. The van der Waals surface area contributed by atoms with Crippen molar-refractivity contribution in [3.05, 3.63) is 29.8 Å². The van der Waals surface area contributed by atoms with E-state index in [4.69, 9.17) is 4.74 Å². The molecule has 0 heterocycles. The van der Waals surface area contributed by atoms with Crippen molar-refractivity contribution in [1.29, 1.82) is 0 Å². The van der Waals surface area contributed by atoms with Crippen LogP contribution in [0.3, 0.4) is 0 Å². The molecule has 13 heteroatoms. The first-order valence-electron chi connectivity index (χ1n) is 8.35. The predicted octanol–water partition coefficient (Wildman–Crippen LogP) is 6.39. The van der Waals surface area contributed by atoms with E-state index in [1.165, 1.54) is 13.0 Å².